The van der Waals surface area contributed by atoms with Crippen molar-refractivity contribution in [3.8, 4) is 0 Å². The van der Waals surface area contributed by atoms with E-state index in [2.05, 4.69) is 32.9 Å². The fraction of sp³-hybridized carbons (Fsp3) is 0.0625. The van der Waals surface area contributed by atoms with Crippen LogP contribution in [-0.2, 0) is 11.3 Å². The lowest BCUT2D eigenvalue weighted by atomic mass is 10.2. The number of anilines is 1. The maximum absolute atomic E-state index is 12.4. The molecule has 0 fully saturated rings. The molecule has 1 heterocycles. The molecule has 1 N–H and O–H groups in total. The highest BCUT2D eigenvalue weighted by molar-refractivity contribution is 14.1. The van der Waals surface area contributed by atoms with Gasteiger partial charge in [-0.2, -0.15) is 0 Å². The van der Waals surface area contributed by atoms with Gasteiger partial charge in [0, 0.05) is 21.4 Å². The van der Waals surface area contributed by atoms with Crippen molar-refractivity contribution in [2.24, 2.45) is 0 Å². The second-order valence-corrected chi connectivity index (χ2v) is 6.44. The summed E-state index contributed by atoms with van der Waals surface area (Å²) in [5, 5.41) is 13.7. The standard InChI is InChI=1S/C16H11IN4O4/c17-10-1-3-11(4-2-10)19-15(22)8-20-9-18-14-7-12(21(24)25)5-6-13(14)16(20)23/h1-7,9H,8H2,(H,19,22). The topological polar surface area (TPSA) is 107 Å². The first-order chi connectivity index (χ1) is 11.9. The van der Waals surface area contributed by atoms with Crippen LogP contribution in [0.1, 0.15) is 0 Å². The number of fused-ring (bicyclic) bond motifs is 1. The Bertz CT molecular complexity index is 1030. The number of rotatable bonds is 4. The molecule has 25 heavy (non-hydrogen) atoms. The zero-order valence-electron chi connectivity index (χ0n) is 12.7. The number of aromatic nitrogens is 2. The summed E-state index contributed by atoms with van der Waals surface area (Å²) in [5.74, 6) is -0.369. The maximum Gasteiger partial charge on any atom is 0.271 e. The number of halogens is 1. The summed E-state index contributed by atoms with van der Waals surface area (Å²) < 4.78 is 2.20. The Morgan fingerprint density at radius 2 is 1.96 bits per heavy atom. The van der Waals surface area contributed by atoms with Gasteiger partial charge >= 0.3 is 0 Å². The van der Waals surface area contributed by atoms with Crippen LogP contribution in [-0.4, -0.2) is 20.4 Å². The van der Waals surface area contributed by atoms with Gasteiger partial charge in [-0.25, -0.2) is 4.98 Å². The van der Waals surface area contributed by atoms with Gasteiger partial charge in [-0.15, -0.1) is 0 Å². The number of carbonyl (C=O) groups is 1. The summed E-state index contributed by atoms with van der Waals surface area (Å²) in [6, 6.07) is 11.0. The van der Waals surface area contributed by atoms with Gasteiger partial charge in [0.05, 0.1) is 22.2 Å². The Balaban J connectivity index is 1.83. The van der Waals surface area contributed by atoms with Crippen LogP contribution in [0.15, 0.2) is 53.6 Å². The van der Waals surface area contributed by atoms with Crippen molar-refractivity contribution in [1.29, 1.82) is 0 Å². The molecular formula is C16H11IN4O4. The third-order valence-corrected chi connectivity index (χ3v) is 4.18. The Morgan fingerprint density at radius 3 is 2.64 bits per heavy atom. The van der Waals surface area contributed by atoms with Crippen molar-refractivity contribution in [1.82, 2.24) is 9.55 Å². The molecule has 1 aromatic heterocycles. The Kier molecular flexibility index (Phi) is 4.74. The molecule has 0 aliphatic heterocycles. The van der Waals surface area contributed by atoms with Crippen LogP contribution >= 0.6 is 22.6 Å². The molecule has 0 aliphatic carbocycles. The van der Waals surface area contributed by atoms with Gasteiger partial charge < -0.3 is 5.32 Å². The van der Waals surface area contributed by atoms with Gasteiger partial charge in [-0.05, 0) is 52.9 Å². The Hall–Kier alpha value is -2.82. The van der Waals surface area contributed by atoms with E-state index in [1.54, 1.807) is 12.1 Å². The van der Waals surface area contributed by atoms with E-state index in [0.29, 0.717) is 5.69 Å². The minimum atomic E-state index is -0.554. The van der Waals surface area contributed by atoms with Gasteiger partial charge in [0.15, 0.2) is 0 Å². The number of nitro groups is 1. The van der Waals surface area contributed by atoms with E-state index in [1.807, 2.05) is 12.1 Å². The van der Waals surface area contributed by atoms with Gasteiger partial charge in [-0.3, -0.25) is 24.3 Å². The maximum atomic E-state index is 12.4. The molecule has 0 bridgehead atoms. The van der Waals surface area contributed by atoms with Gasteiger partial charge in [-0.1, -0.05) is 0 Å². The fourth-order valence-electron chi connectivity index (χ4n) is 2.26. The van der Waals surface area contributed by atoms with E-state index in [9.17, 15) is 19.7 Å². The molecule has 126 valence electrons. The average molecular weight is 450 g/mol. The smallest absolute Gasteiger partial charge is 0.271 e. The number of nitro benzene ring substituents is 1. The molecule has 0 spiro atoms. The zero-order chi connectivity index (χ0) is 18.0. The molecule has 2 aromatic carbocycles. The number of benzene rings is 2. The molecule has 3 rings (SSSR count). The lowest BCUT2D eigenvalue weighted by molar-refractivity contribution is -0.384. The van der Waals surface area contributed by atoms with Crippen LogP contribution in [0, 0.1) is 13.7 Å². The van der Waals surface area contributed by atoms with Crippen molar-refractivity contribution < 1.29 is 9.72 Å². The van der Waals surface area contributed by atoms with Crippen molar-refractivity contribution >= 4 is 50.8 Å². The number of hydrogen-bond acceptors (Lipinski definition) is 5. The van der Waals surface area contributed by atoms with Crippen LogP contribution in [0.5, 0.6) is 0 Å². The molecular weight excluding hydrogens is 439 g/mol. The first kappa shape index (κ1) is 17.0. The van der Waals surface area contributed by atoms with Crippen LogP contribution < -0.4 is 10.9 Å². The summed E-state index contributed by atoms with van der Waals surface area (Å²) in [5.41, 5.74) is 0.266. The van der Waals surface area contributed by atoms with Crippen molar-refractivity contribution in [3.05, 3.63) is 72.8 Å². The highest BCUT2D eigenvalue weighted by Crippen LogP contribution is 2.16. The van der Waals surface area contributed by atoms with E-state index < -0.39 is 10.5 Å². The zero-order valence-corrected chi connectivity index (χ0v) is 14.8. The van der Waals surface area contributed by atoms with Crippen molar-refractivity contribution in [2.45, 2.75) is 6.54 Å². The number of carbonyl (C=O) groups excluding carboxylic acids is 1. The molecule has 0 atom stereocenters. The molecule has 0 radical (unpaired) electrons. The minimum Gasteiger partial charge on any atom is -0.325 e. The summed E-state index contributed by atoms with van der Waals surface area (Å²) in [6.45, 7) is -0.204. The summed E-state index contributed by atoms with van der Waals surface area (Å²) >= 11 is 2.16. The van der Waals surface area contributed by atoms with Gasteiger partial charge in [0.2, 0.25) is 5.91 Å². The molecule has 1 amide bonds. The Morgan fingerprint density at radius 1 is 1.24 bits per heavy atom. The lowest BCUT2D eigenvalue weighted by Crippen LogP contribution is -2.27. The predicted molar refractivity (Wildman–Crippen MR) is 100 cm³/mol. The minimum absolute atomic E-state index is 0.145. The number of nitrogens with one attached hydrogen (secondary N) is 1. The van der Waals surface area contributed by atoms with E-state index in [0.717, 1.165) is 8.14 Å². The molecule has 8 nitrogen and oxygen atoms in total. The highest BCUT2D eigenvalue weighted by atomic mass is 127. The van der Waals surface area contributed by atoms with Crippen molar-refractivity contribution in [2.75, 3.05) is 5.32 Å². The van der Waals surface area contributed by atoms with E-state index in [1.165, 1.54) is 24.5 Å². The predicted octanol–water partition coefficient (Wildman–Crippen LogP) is 2.55. The molecule has 0 unspecified atom stereocenters. The molecule has 0 saturated carbocycles. The van der Waals surface area contributed by atoms with E-state index in [-0.39, 0.29) is 29.0 Å². The number of amides is 1. The third-order valence-electron chi connectivity index (χ3n) is 3.46. The average Bonchev–Trinajstić information content (AvgIpc) is 2.59. The van der Waals surface area contributed by atoms with Crippen LogP contribution in [0.25, 0.3) is 10.9 Å². The largest absolute Gasteiger partial charge is 0.325 e. The summed E-state index contributed by atoms with van der Waals surface area (Å²) in [6.07, 6.45) is 1.21. The quantitative estimate of drug-likeness (QED) is 0.374. The number of nitrogens with zero attached hydrogens (tertiary/aromatic N) is 3. The van der Waals surface area contributed by atoms with E-state index >= 15 is 0 Å². The highest BCUT2D eigenvalue weighted by Gasteiger charge is 2.12. The Labute approximate surface area is 154 Å². The lowest BCUT2D eigenvalue weighted by Gasteiger charge is -2.08. The molecule has 9 heteroatoms. The van der Waals surface area contributed by atoms with Crippen molar-refractivity contribution in [3.63, 3.8) is 0 Å². The van der Waals surface area contributed by atoms with Crippen LogP contribution in [0.3, 0.4) is 0 Å². The molecule has 3 aromatic rings. The monoisotopic (exact) mass is 450 g/mol. The summed E-state index contributed by atoms with van der Waals surface area (Å²) in [7, 11) is 0. The van der Waals surface area contributed by atoms with Gasteiger partial charge in [0.25, 0.3) is 11.2 Å². The van der Waals surface area contributed by atoms with Crippen LogP contribution in [0.4, 0.5) is 11.4 Å². The van der Waals surface area contributed by atoms with Crippen LogP contribution in [0.2, 0.25) is 0 Å². The second kappa shape index (κ2) is 6.97. The molecule has 0 saturated heterocycles. The normalized spacial score (nSPS) is 10.6. The summed E-state index contributed by atoms with van der Waals surface area (Å²) in [4.78, 5) is 38.8. The fourth-order valence-corrected chi connectivity index (χ4v) is 2.62. The first-order valence-electron chi connectivity index (χ1n) is 7.13. The van der Waals surface area contributed by atoms with E-state index in [4.69, 9.17) is 0 Å². The molecule has 0 aliphatic rings. The first-order valence-corrected chi connectivity index (χ1v) is 8.21. The third kappa shape index (κ3) is 3.82. The number of non-ortho nitro benzene ring substituents is 1. The SMILES string of the molecule is O=C(Cn1cnc2cc([N+](=O)[O-])ccc2c1=O)Nc1ccc(I)cc1. The second-order valence-electron chi connectivity index (χ2n) is 5.19. The number of hydrogen-bond donors (Lipinski definition) is 1. The van der Waals surface area contributed by atoms with Gasteiger partial charge in [0.1, 0.15) is 6.54 Å².